The average Bonchev–Trinajstić information content (AvgIpc) is 2.69. The van der Waals surface area contributed by atoms with Crippen molar-refractivity contribution in [3.05, 3.63) is 11.3 Å². The fourth-order valence-electron chi connectivity index (χ4n) is 3.20. The molecule has 23 heavy (non-hydrogen) atoms. The Hall–Kier alpha value is -1.57. The molecule has 2 aliphatic rings. The van der Waals surface area contributed by atoms with Crippen molar-refractivity contribution in [3.8, 4) is 0 Å². The molecule has 0 spiro atoms. The molecule has 1 unspecified atom stereocenters. The van der Waals surface area contributed by atoms with Gasteiger partial charge in [0.05, 0.1) is 12.3 Å². The zero-order chi connectivity index (χ0) is 16.7. The number of alkyl halides is 3. The zero-order valence-corrected chi connectivity index (χ0v) is 13.1. The van der Waals surface area contributed by atoms with Gasteiger partial charge in [0, 0.05) is 25.1 Å². The summed E-state index contributed by atoms with van der Waals surface area (Å²) in [6.45, 7) is 1.72. The summed E-state index contributed by atoms with van der Waals surface area (Å²) in [6.07, 6.45) is -0.725. The number of hydrogen-bond donors (Lipinski definition) is 1. The molecule has 0 radical (unpaired) electrons. The SMILES string of the molecule is CC1(C(F)(F)F)CCN(c2nc(N)nc3c2CCCC3)CCO1. The molecule has 2 N–H and O–H groups in total. The lowest BCUT2D eigenvalue weighted by Crippen LogP contribution is -2.45. The molecule has 128 valence electrons. The fraction of sp³-hybridized carbons (Fsp3) is 0.733. The molecule has 1 aliphatic heterocycles. The highest BCUT2D eigenvalue weighted by molar-refractivity contribution is 5.53. The number of rotatable bonds is 1. The normalized spacial score (nSPS) is 25.8. The Balaban J connectivity index is 1.87. The predicted molar refractivity (Wildman–Crippen MR) is 80.3 cm³/mol. The van der Waals surface area contributed by atoms with E-state index < -0.39 is 11.8 Å². The van der Waals surface area contributed by atoms with Crippen LogP contribution >= 0.6 is 0 Å². The average molecular weight is 330 g/mol. The van der Waals surface area contributed by atoms with Crippen LogP contribution in [0.1, 0.15) is 37.4 Å². The third kappa shape index (κ3) is 3.08. The Bertz CT molecular complexity index is 593. The van der Waals surface area contributed by atoms with E-state index in [1.165, 1.54) is 0 Å². The summed E-state index contributed by atoms with van der Waals surface area (Å²) in [4.78, 5) is 10.5. The molecule has 3 rings (SSSR count). The molecule has 1 aromatic rings. The lowest BCUT2D eigenvalue weighted by atomic mass is 9.96. The van der Waals surface area contributed by atoms with Gasteiger partial charge in [-0.05, 0) is 32.6 Å². The molecular formula is C15H21F3N4O. The Morgan fingerprint density at radius 1 is 1.17 bits per heavy atom. The van der Waals surface area contributed by atoms with Crippen LogP contribution in [0.2, 0.25) is 0 Å². The van der Waals surface area contributed by atoms with Crippen molar-refractivity contribution in [1.82, 2.24) is 9.97 Å². The largest absolute Gasteiger partial charge is 0.417 e. The highest BCUT2D eigenvalue weighted by atomic mass is 19.4. The van der Waals surface area contributed by atoms with Crippen LogP contribution in [0.3, 0.4) is 0 Å². The van der Waals surface area contributed by atoms with Crippen LogP contribution in [0.25, 0.3) is 0 Å². The summed E-state index contributed by atoms with van der Waals surface area (Å²) in [5.74, 6) is 0.867. The first-order chi connectivity index (χ1) is 10.8. The summed E-state index contributed by atoms with van der Waals surface area (Å²) in [5.41, 5.74) is 5.64. The van der Waals surface area contributed by atoms with Gasteiger partial charge in [0.25, 0.3) is 0 Å². The number of halogens is 3. The Labute approximate surface area is 133 Å². The Kier molecular flexibility index (Phi) is 4.12. The van der Waals surface area contributed by atoms with Gasteiger partial charge in [0.1, 0.15) is 5.82 Å². The Morgan fingerprint density at radius 2 is 1.91 bits per heavy atom. The summed E-state index contributed by atoms with van der Waals surface area (Å²) in [7, 11) is 0. The van der Waals surface area contributed by atoms with Gasteiger partial charge in [0.15, 0.2) is 5.60 Å². The van der Waals surface area contributed by atoms with Gasteiger partial charge in [0.2, 0.25) is 5.95 Å². The number of fused-ring (bicyclic) bond motifs is 1. The second-order valence-electron chi connectivity index (χ2n) is 6.35. The number of nitrogens with zero attached hydrogens (tertiary/aromatic N) is 3. The van der Waals surface area contributed by atoms with Crippen molar-refractivity contribution in [3.63, 3.8) is 0 Å². The molecule has 0 amide bonds. The minimum absolute atomic E-state index is 0.00862. The molecule has 0 bridgehead atoms. The first-order valence-electron chi connectivity index (χ1n) is 7.91. The lowest BCUT2D eigenvalue weighted by Gasteiger charge is -2.30. The maximum absolute atomic E-state index is 13.2. The number of hydrogen-bond acceptors (Lipinski definition) is 5. The van der Waals surface area contributed by atoms with Crippen molar-refractivity contribution in [2.24, 2.45) is 0 Å². The molecule has 8 heteroatoms. The first kappa shape index (κ1) is 16.3. The number of nitrogens with two attached hydrogens (primary N) is 1. The number of ether oxygens (including phenoxy) is 1. The molecule has 0 saturated carbocycles. The fourth-order valence-corrected chi connectivity index (χ4v) is 3.20. The topological polar surface area (TPSA) is 64.3 Å². The highest BCUT2D eigenvalue weighted by Crippen LogP contribution is 2.38. The minimum atomic E-state index is -4.38. The van der Waals surface area contributed by atoms with Gasteiger partial charge >= 0.3 is 6.18 Å². The Morgan fingerprint density at radius 3 is 2.65 bits per heavy atom. The van der Waals surface area contributed by atoms with Gasteiger partial charge in [-0.2, -0.15) is 18.2 Å². The third-order valence-corrected chi connectivity index (χ3v) is 4.72. The highest BCUT2D eigenvalue weighted by Gasteiger charge is 2.53. The van der Waals surface area contributed by atoms with Crippen LogP contribution in [-0.4, -0.2) is 41.4 Å². The van der Waals surface area contributed by atoms with Crippen molar-refractivity contribution in [2.45, 2.75) is 50.8 Å². The predicted octanol–water partition coefficient (Wildman–Crippen LogP) is 2.49. The number of aromatic nitrogens is 2. The van der Waals surface area contributed by atoms with Gasteiger partial charge in [-0.15, -0.1) is 0 Å². The summed E-state index contributed by atoms with van der Waals surface area (Å²) in [5, 5.41) is 0. The standard InChI is InChI=1S/C15H21F3N4O/c1-14(15(16,17)18)6-7-22(8-9-23-14)12-10-4-2-3-5-11(10)20-13(19)21-12/h2-9H2,1H3,(H2,19,20,21). The van der Waals surface area contributed by atoms with Crippen molar-refractivity contribution in [2.75, 3.05) is 30.3 Å². The molecule has 1 aliphatic carbocycles. The van der Waals surface area contributed by atoms with E-state index in [1.807, 2.05) is 4.90 Å². The maximum atomic E-state index is 13.2. The van der Waals surface area contributed by atoms with E-state index in [1.54, 1.807) is 0 Å². The van der Waals surface area contributed by atoms with Crippen LogP contribution < -0.4 is 10.6 Å². The van der Waals surface area contributed by atoms with E-state index in [9.17, 15) is 13.2 Å². The van der Waals surface area contributed by atoms with Crippen molar-refractivity contribution >= 4 is 11.8 Å². The molecule has 5 nitrogen and oxygen atoms in total. The molecule has 1 atom stereocenters. The van der Waals surface area contributed by atoms with Crippen molar-refractivity contribution in [1.29, 1.82) is 0 Å². The zero-order valence-electron chi connectivity index (χ0n) is 13.1. The van der Waals surface area contributed by atoms with E-state index in [0.717, 1.165) is 43.9 Å². The monoisotopic (exact) mass is 330 g/mol. The van der Waals surface area contributed by atoms with Crippen molar-refractivity contribution < 1.29 is 17.9 Å². The molecular weight excluding hydrogens is 309 g/mol. The van der Waals surface area contributed by atoms with Gasteiger partial charge in [-0.1, -0.05) is 0 Å². The van der Waals surface area contributed by atoms with E-state index in [-0.39, 0.29) is 25.5 Å². The van der Waals surface area contributed by atoms with Crippen LogP contribution in [0, 0.1) is 0 Å². The smallest absolute Gasteiger partial charge is 0.368 e. The maximum Gasteiger partial charge on any atom is 0.417 e. The van der Waals surface area contributed by atoms with Crippen LogP contribution in [0.15, 0.2) is 0 Å². The van der Waals surface area contributed by atoms with Crippen LogP contribution in [-0.2, 0) is 17.6 Å². The number of anilines is 2. The third-order valence-electron chi connectivity index (χ3n) is 4.72. The van der Waals surface area contributed by atoms with E-state index in [0.29, 0.717) is 12.4 Å². The molecule has 1 saturated heterocycles. The van der Waals surface area contributed by atoms with Crippen LogP contribution in [0.4, 0.5) is 24.9 Å². The van der Waals surface area contributed by atoms with Crippen LogP contribution in [0.5, 0.6) is 0 Å². The minimum Gasteiger partial charge on any atom is -0.368 e. The first-order valence-corrected chi connectivity index (χ1v) is 7.91. The lowest BCUT2D eigenvalue weighted by molar-refractivity contribution is -0.269. The number of nitrogen functional groups attached to an aromatic ring is 1. The second-order valence-corrected chi connectivity index (χ2v) is 6.35. The second kappa shape index (κ2) is 5.81. The molecule has 0 aromatic carbocycles. The van der Waals surface area contributed by atoms with E-state index >= 15 is 0 Å². The quantitative estimate of drug-likeness (QED) is 0.857. The summed E-state index contributed by atoms with van der Waals surface area (Å²) >= 11 is 0. The van der Waals surface area contributed by atoms with E-state index in [4.69, 9.17) is 10.5 Å². The van der Waals surface area contributed by atoms with Gasteiger partial charge in [-0.3, -0.25) is 0 Å². The molecule has 1 fully saturated rings. The van der Waals surface area contributed by atoms with E-state index in [2.05, 4.69) is 9.97 Å². The molecule has 1 aromatic heterocycles. The molecule has 2 heterocycles. The van der Waals surface area contributed by atoms with Gasteiger partial charge in [-0.25, -0.2) is 4.98 Å². The number of aryl methyl sites for hydroxylation is 1. The summed E-state index contributed by atoms with van der Waals surface area (Å²) in [6, 6.07) is 0. The van der Waals surface area contributed by atoms with Gasteiger partial charge < -0.3 is 15.4 Å². The summed E-state index contributed by atoms with van der Waals surface area (Å²) < 4.78 is 44.7.